The Hall–Kier alpha value is -1.44. The van der Waals surface area contributed by atoms with Gasteiger partial charge in [-0.15, -0.1) is 0 Å². The summed E-state index contributed by atoms with van der Waals surface area (Å²) >= 11 is 3.44. The number of benzene rings is 1. The van der Waals surface area contributed by atoms with Gasteiger partial charge in [0.05, 0.1) is 18.3 Å². The number of hydrogen-bond acceptors (Lipinski definition) is 4. The van der Waals surface area contributed by atoms with Crippen LogP contribution in [0.2, 0.25) is 0 Å². The first-order chi connectivity index (χ1) is 11.3. The van der Waals surface area contributed by atoms with E-state index in [4.69, 9.17) is 4.74 Å². The van der Waals surface area contributed by atoms with Crippen LogP contribution < -0.4 is 10.6 Å². The second-order valence-corrected chi connectivity index (χ2v) is 6.61. The molecule has 0 fully saturated rings. The fourth-order valence-corrected chi connectivity index (χ4v) is 2.61. The van der Waals surface area contributed by atoms with Gasteiger partial charge in [-0.1, -0.05) is 6.07 Å². The second kappa shape index (κ2) is 10.4. The Morgan fingerprint density at radius 3 is 2.71 bits per heavy atom. The van der Waals surface area contributed by atoms with Crippen LogP contribution in [0.25, 0.3) is 0 Å². The highest BCUT2D eigenvalue weighted by molar-refractivity contribution is 9.10. The third kappa shape index (κ3) is 6.98. The Balaban J connectivity index is 2.47. The van der Waals surface area contributed by atoms with Gasteiger partial charge in [0.25, 0.3) is 0 Å². The molecule has 6 nitrogen and oxygen atoms in total. The normalized spacial score (nSPS) is 12.1. The number of ether oxygens (including phenoxy) is 1. The minimum atomic E-state index is -0.428. The van der Waals surface area contributed by atoms with Gasteiger partial charge in [-0.3, -0.25) is 14.5 Å². The van der Waals surface area contributed by atoms with Gasteiger partial charge in [0.2, 0.25) is 11.8 Å². The number of nitrogens with zero attached hydrogens (tertiary/aromatic N) is 1. The summed E-state index contributed by atoms with van der Waals surface area (Å²) in [4.78, 5) is 25.9. The highest BCUT2D eigenvalue weighted by Gasteiger charge is 2.20. The zero-order valence-electron chi connectivity index (χ0n) is 14.7. The first kappa shape index (κ1) is 20.6. The number of rotatable bonds is 9. The Bertz CT molecular complexity index is 566. The van der Waals surface area contributed by atoms with Crippen molar-refractivity contribution in [1.82, 2.24) is 10.2 Å². The molecule has 1 atom stereocenters. The number of halogens is 1. The number of likely N-dealkylation sites (N-methyl/N-ethyl adjacent to an activating group) is 1. The van der Waals surface area contributed by atoms with Crippen LogP contribution >= 0.6 is 15.9 Å². The van der Waals surface area contributed by atoms with Crippen LogP contribution in [0.3, 0.4) is 0 Å². The van der Waals surface area contributed by atoms with Crippen LogP contribution in [0, 0.1) is 6.92 Å². The summed E-state index contributed by atoms with van der Waals surface area (Å²) in [5.74, 6) is -0.265. The molecule has 24 heavy (non-hydrogen) atoms. The lowest BCUT2D eigenvalue weighted by Crippen LogP contribution is -2.45. The van der Waals surface area contributed by atoms with E-state index in [2.05, 4.69) is 26.6 Å². The van der Waals surface area contributed by atoms with Gasteiger partial charge in [-0.25, -0.2) is 0 Å². The highest BCUT2D eigenvalue weighted by atomic mass is 79.9. The minimum Gasteiger partial charge on any atom is -0.385 e. The maximum Gasteiger partial charge on any atom is 0.241 e. The predicted octanol–water partition coefficient (Wildman–Crippen LogP) is 2.17. The molecular weight excluding hydrogens is 374 g/mol. The monoisotopic (exact) mass is 399 g/mol. The number of methoxy groups -OCH3 is 1. The number of nitrogens with one attached hydrogen (secondary N) is 2. The van der Waals surface area contributed by atoms with E-state index in [1.165, 1.54) is 0 Å². The van der Waals surface area contributed by atoms with E-state index < -0.39 is 6.04 Å². The molecule has 0 aliphatic rings. The fraction of sp³-hybridized carbons (Fsp3) is 0.529. The average molecular weight is 400 g/mol. The molecule has 0 spiro atoms. The van der Waals surface area contributed by atoms with Crippen molar-refractivity contribution in [3.05, 3.63) is 28.2 Å². The van der Waals surface area contributed by atoms with Crippen LogP contribution in [0.15, 0.2) is 22.7 Å². The Kier molecular flexibility index (Phi) is 8.95. The van der Waals surface area contributed by atoms with Crippen molar-refractivity contribution >= 4 is 33.4 Å². The molecule has 0 aromatic heterocycles. The maximum absolute atomic E-state index is 12.3. The first-order valence-electron chi connectivity index (χ1n) is 7.88. The zero-order chi connectivity index (χ0) is 18.1. The standard InChI is InChI=1S/C17H26BrN3O3/c1-12-6-7-15(14(18)10-12)20-17(23)13(2)21(3)11-16(22)19-8-5-9-24-4/h6-7,10,13H,5,8-9,11H2,1-4H3,(H,19,22)(H,20,23). The number of anilines is 1. The van der Waals surface area contributed by atoms with Crippen LogP contribution in [-0.2, 0) is 14.3 Å². The first-order valence-corrected chi connectivity index (χ1v) is 8.67. The predicted molar refractivity (Wildman–Crippen MR) is 99.1 cm³/mol. The molecule has 0 aliphatic heterocycles. The summed E-state index contributed by atoms with van der Waals surface area (Å²) in [5, 5.41) is 5.68. The van der Waals surface area contributed by atoms with Gasteiger partial charge < -0.3 is 15.4 Å². The summed E-state index contributed by atoms with van der Waals surface area (Å²) in [7, 11) is 3.38. The summed E-state index contributed by atoms with van der Waals surface area (Å²) in [6.45, 7) is 5.10. The third-order valence-electron chi connectivity index (χ3n) is 3.66. The lowest BCUT2D eigenvalue weighted by molar-refractivity contribution is -0.124. The quantitative estimate of drug-likeness (QED) is 0.624. The van der Waals surface area contributed by atoms with E-state index >= 15 is 0 Å². The molecule has 1 rings (SSSR count). The van der Waals surface area contributed by atoms with Crippen molar-refractivity contribution in [2.45, 2.75) is 26.3 Å². The van der Waals surface area contributed by atoms with Crippen LogP contribution in [0.1, 0.15) is 18.9 Å². The van der Waals surface area contributed by atoms with E-state index in [1.807, 2.05) is 25.1 Å². The summed E-state index contributed by atoms with van der Waals surface area (Å²) in [6.07, 6.45) is 0.767. The molecule has 0 saturated heterocycles. The van der Waals surface area contributed by atoms with Gasteiger partial charge in [-0.2, -0.15) is 0 Å². The second-order valence-electron chi connectivity index (χ2n) is 5.76. The minimum absolute atomic E-state index is 0.107. The maximum atomic E-state index is 12.3. The molecule has 134 valence electrons. The van der Waals surface area contributed by atoms with Crippen LogP contribution in [0.5, 0.6) is 0 Å². The Morgan fingerprint density at radius 1 is 1.38 bits per heavy atom. The fourth-order valence-electron chi connectivity index (χ4n) is 2.02. The molecule has 0 saturated carbocycles. The number of aryl methyl sites for hydroxylation is 1. The molecule has 0 heterocycles. The largest absolute Gasteiger partial charge is 0.385 e. The SMILES string of the molecule is COCCCNC(=O)CN(C)C(C)C(=O)Nc1ccc(C)cc1Br. The highest BCUT2D eigenvalue weighted by Crippen LogP contribution is 2.23. The van der Waals surface area contributed by atoms with E-state index in [9.17, 15) is 9.59 Å². The van der Waals surface area contributed by atoms with Crippen molar-refractivity contribution in [2.75, 3.05) is 39.2 Å². The molecule has 0 bridgehead atoms. The number of amides is 2. The van der Waals surface area contributed by atoms with E-state index in [0.29, 0.717) is 13.2 Å². The van der Waals surface area contributed by atoms with E-state index in [-0.39, 0.29) is 18.4 Å². The van der Waals surface area contributed by atoms with Gasteiger partial charge >= 0.3 is 0 Å². The lowest BCUT2D eigenvalue weighted by atomic mass is 10.2. The molecule has 2 N–H and O–H groups in total. The summed E-state index contributed by atoms with van der Waals surface area (Å²) in [5.41, 5.74) is 1.82. The van der Waals surface area contributed by atoms with Crippen molar-refractivity contribution < 1.29 is 14.3 Å². The Labute approximate surface area is 152 Å². The smallest absolute Gasteiger partial charge is 0.241 e. The Morgan fingerprint density at radius 2 is 2.08 bits per heavy atom. The average Bonchev–Trinajstić information content (AvgIpc) is 2.53. The van der Waals surface area contributed by atoms with Crippen LogP contribution in [-0.4, -0.2) is 56.6 Å². The topological polar surface area (TPSA) is 70.7 Å². The van der Waals surface area contributed by atoms with Crippen molar-refractivity contribution in [3.8, 4) is 0 Å². The summed E-state index contributed by atoms with van der Waals surface area (Å²) < 4.78 is 5.76. The van der Waals surface area contributed by atoms with Gasteiger partial charge in [0.1, 0.15) is 0 Å². The number of carbonyl (C=O) groups excluding carboxylic acids is 2. The molecule has 1 aromatic carbocycles. The lowest BCUT2D eigenvalue weighted by Gasteiger charge is -2.23. The molecule has 1 aromatic rings. The zero-order valence-corrected chi connectivity index (χ0v) is 16.3. The number of hydrogen-bond donors (Lipinski definition) is 2. The summed E-state index contributed by atoms with van der Waals surface area (Å²) in [6, 6.07) is 5.30. The number of carbonyl (C=O) groups is 2. The molecule has 1 unspecified atom stereocenters. The van der Waals surface area contributed by atoms with E-state index in [0.717, 1.165) is 22.1 Å². The van der Waals surface area contributed by atoms with Crippen molar-refractivity contribution in [1.29, 1.82) is 0 Å². The molecular formula is C17H26BrN3O3. The van der Waals surface area contributed by atoms with Gasteiger partial charge in [0.15, 0.2) is 0 Å². The molecule has 0 radical (unpaired) electrons. The third-order valence-corrected chi connectivity index (χ3v) is 4.32. The molecule has 2 amide bonds. The van der Waals surface area contributed by atoms with Gasteiger partial charge in [0, 0.05) is 24.7 Å². The molecule has 0 aliphatic carbocycles. The van der Waals surface area contributed by atoms with Crippen molar-refractivity contribution in [3.63, 3.8) is 0 Å². The molecule has 7 heteroatoms. The van der Waals surface area contributed by atoms with E-state index in [1.54, 1.807) is 26.0 Å². The van der Waals surface area contributed by atoms with Crippen LogP contribution in [0.4, 0.5) is 5.69 Å². The van der Waals surface area contributed by atoms with Gasteiger partial charge in [-0.05, 0) is 60.9 Å². The van der Waals surface area contributed by atoms with Crippen molar-refractivity contribution in [2.24, 2.45) is 0 Å².